The van der Waals surface area contributed by atoms with Gasteiger partial charge in [0.1, 0.15) is 47.7 Å². The van der Waals surface area contributed by atoms with Gasteiger partial charge in [0.15, 0.2) is 0 Å². The molecular formula is C58H40Au2P2S2+2. The average molecular weight is 1260 g/mol. The summed E-state index contributed by atoms with van der Waals surface area (Å²) in [5, 5.41) is 13.8. The molecule has 0 aliphatic heterocycles. The number of hydrogen-bond acceptors (Lipinski definition) is 2. The Morgan fingerprint density at radius 2 is 0.625 bits per heavy atom. The van der Waals surface area contributed by atoms with Crippen LogP contribution in [0.4, 0.5) is 0 Å². The summed E-state index contributed by atoms with van der Waals surface area (Å²) < 4.78 is 5.10. The zero-order chi connectivity index (χ0) is 42.1. The molecule has 0 saturated carbocycles. The van der Waals surface area contributed by atoms with Crippen LogP contribution in [-0.2, 0) is 44.8 Å². The van der Waals surface area contributed by atoms with Crippen LogP contribution in [0.1, 0.15) is 11.1 Å². The van der Waals surface area contributed by atoms with Gasteiger partial charge in [-0.15, -0.1) is 58.1 Å². The molecule has 0 fully saturated rings. The van der Waals surface area contributed by atoms with Gasteiger partial charge >= 0.3 is 44.8 Å². The van der Waals surface area contributed by atoms with Gasteiger partial charge < -0.3 is 12.8 Å². The first-order valence-electron chi connectivity index (χ1n) is 20.4. The molecule has 11 rings (SSSR count). The minimum absolute atomic E-state index is 0. The Labute approximate surface area is 418 Å². The second kappa shape index (κ2) is 22.7. The van der Waals surface area contributed by atoms with Crippen molar-refractivity contribution in [2.75, 3.05) is 0 Å². The van der Waals surface area contributed by atoms with Crippen LogP contribution >= 0.6 is 38.5 Å². The Morgan fingerprint density at radius 3 is 1.08 bits per heavy atom. The Balaban J connectivity index is 0.000000159. The molecule has 0 amide bonds. The van der Waals surface area contributed by atoms with Gasteiger partial charge in [0, 0.05) is 24.2 Å². The molecule has 0 aliphatic rings. The summed E-state index contributed by atoms with van der Waals surface area (Å²) in [4.78, 5) is 0. The zero-order valence-corrected chi connectivity index (χ0v) is 42.3. The van der Waals surface area contributed by atoms with Gasteiger partial charge in [-0.1, -0.05) is 133 Å². The SMILES string of the molecule is [Au+].[Au+].[C-]#Cc1ccc2c(c1)sc1ccccc12.[C-]#Cc1ccc2sc3ccccc3c2c1.c1ccc([PH+](c2ccccc2)c2ccccc2[PH+](c2ccccc2)c2ccccc2)cc1. The van der Waals surface area contributed by atoms with Crippen LogP contribution < -0.4 is 31.8 Å². The quantitative estimate of drug-likeness (QED) is 0.0674. The molecule has 0 spiro atoms. The standard InChI is InChI=1S/C30H24P2.2C14H7S.2Au/c1-5-15-25(16-6-1)31(26-17-7-2-8-18-26)29-23-13-14-24-30(29)32(27-19-9-3-10-20-27)28-21-11-4-12-22-28;1-2-10-7-8-14-12(9-10)11-5-3-4-6-13(11)15-14;1-2-10-7-8-12-11-5-3-4-6-13(11)15-14(12)9-10;;/h1-24H;2*3-9H;;/q;2*-1;2*+1/p+2. The molecule has 11 aromatic rings. The molecule has 2 heterocycles. The summed E-state index contributed by atoms with van der Waals surface area (Å²) in [6, 6.07) is 82.2. The van der Waals surface area contributed by atoms with Gasteiger partial charge in [-0.3, -0.25) is 11.8 Å². The monoisotopic (exact) mass is 1260 g/mol. The Kier molecular flexibility index (Phi) is 16.6. The van der Waals surface area contributed by atoms with E-state index in [2.05, 4.69) is 218 Å². The van der Waals surface area contributed by atoms with Crippen LogP contribution in [0.2, 0.25) is 0 Å². The fourth-order valence-electron chi connectivity index (χ4n) is 7.90. The van der Waals surface area contributed by atoms with Crippen LogP contribution in [0.5, 0.6) is 0 Å². The summed E-state index contributed by atoms with van der Waals surface area (Å²) in [5.74, 6) is 4.85. The van der Waals surface area contributed by atoms with E-state index < -0.39 is 15.8 Å². The molecule has 9 aromatic carbocycles. The molecule has 6 heteroatoms. The van der Waals surface area contributed by atoms with Crippen molar-refractivity contribution in [2.45, 2.75) is 0 Å². The summed E-state index contributed by atoms with van der Waals surface area (Å²) in [6.45, 7) is 0. The number of rotatable bonds is 6. The molecule has 64 heavy (non-hydrogen) atoms. The van der Waals surface area contributed by atoms with Crippen molar-refractivity contribution in [2.24, 2.45) is 0 Å². The predicted octanol–water partition coefficient (Wildman–Crippen LogP) is 12.6. The van der Waals surface area contributed by atoms with Crippen LogP contribution in [-0.4, -0.2) is 0 Å². The van der Waals surface area contributed by atoms with Crippen molar-refractivity contribution in [3.63, 3.8) is 0 Å². The third-order valence-electron chi connectivity index (χ3n) is 10.8. The van der Waals surface area contributed by atoms with E-state index in [0.717, 1.165) is 11.1 Å². The van der Waals surface area contributed by atoms with E-state index in [-0.39, 0.29) is 44.8 Å². The van der Waals surface area contributed by atoms with E-state index >= 15 is 0 Å². The molecule has 2 aromatic heterocycles. The fraction of sp³-hybridized carbons (Fsp3) is 0. The third kappa shape index (κ3) is 10.5. The fourth-order valence-corrected chi connectivity index (χ4v) is 16.1. The average Bonchev–Trinajstić information content (AvgIpc) is 3.92. The minimum atomic E-state index is -1.14. The van der Waals surface area contributed by atoms with E-state index in [1.165, 1.54) is 72.2 Å². The van der Waals surface area contributed by atoms with Crippen molar-refractivity contribution < 1.29 is 44.8 Å². The van der Waals surface area contributed by atoms with E-state index in [1.54, 1.807) is 22.7 Å². The molecule has 314 valence electrons. The van der Waals surface area contributed by atoms with Crippen LogP contribution in [0, 0.1) is 24.7 Å². The summed E-state index contributed by atoms with van der Waals surface area (Å²) in [6.07, 6.45) is 14.2. The van der Waals surface area contributed by atoms with Crippen LogP contribution in [0.3, 0.4) is 0 Å². The van der Waals surface area contributed by atoms with Crippen molar-refractivity contribution >= 4 is 111 Å². The molecule has 0 aliphatic carbocycles. The first-order valence-corrected chi connectivity index (χ1v) is 25.1. The van der Waals surface area contributed by atoms with Gasteiger partial charge in [0.05, 0.1) is 0 Å². The molecule has 0 nitrogen and oxygen atoms in total. The van der Waals surface area contributed by atoms with E-state index in [0.29, 0.717) is 0 Å². The largest absolute Gasteiger partial charge is 1.00 e. The van der Waals surface area contributed by atoms with Crippen molar-refractivity contribution in [3.8, 4) is 11.8 Å². The van der Waals surface area contributed by atoms with E-state index in [1.807, 2.05) is 24.3 Å². The Hall–Kier alpha value is -5.12. The van der Waals surface area contributed by atoms with Gasteiger partial charge in [-0.05, 0) is 89.0 Å². The number of fused-ring (bicyclic) bond motifs is 6. The maximum Gasteiger partial charge on any atom is 1.00 e. The number of benzene rings is 9. The number of hydrogen-bond donors (Lipinski definition) is 0. The van der Waals surface area contributed by atoms with Crippen molar-refractivity contribution in [3.05, 3.63) is 254 Å². The maximum absolute atomic E-state index is 7.13. The smallest absolute Gasteiger partial charge is 0.366 e. The second-order valence-electron chi connectivity index (χ2n) is 14.6. The first-order chi connectivity index (χ1) is 30.7. The summed E-state index contributed by atoms with van der Waals surface area (Å²) >= 11 is 3.56. The second-order valence-corrected chi connectivity index (χ2v) is 21.7. The zero-order valence-electron chi connectivity index (χ0n) is 34.4. The van der Waals surface area contributed by atoms with Crippen molar-refractivity contribution in [1.82, 2.24) is 0 Å². The van der Waals surface area contributed by atoms with E-state index in [9.17, 15) is 0 Å². The molecule has 0 atom stereocenters. The minimum Gasteiger partial charge on any atom is -0.366 e. The van der Waals surface area contributed by atoms with Crippen LogP contribution in [0.15, 0.2) is 231 Å². The predicted molar refractivity (Wildman–Crippen MR) is 278 cm³/mol. The first kappa shape index (κ1) is 46.9. The third-order valence-corrected chi connectivity index (χ3v) is 18.9. The topological polar surface area (TPSA) is 0 Å². The van der Waals surface area contributed by atoms with E-state index in [4.69, 9.17) is 12.8 Å². The summed E-state index contributed by atoms with van der Waals surface area (Å²) in [5.41, 5.74) is 1.68. The summed E-state index contributed by atoms with van der Waals surface area (Å²) in [7, 11) is -2.28. The van der Waals surface area contributed by atoms with Crippen LogP contribution in [0.25, 0.3) is 40.3 Å². The maximum atomic E-state index is 7.13. The molecule has 0 bridgehead atoms. The molecule has 0 radical (unpaired) electrons. The van der Waals surface area contributed by atoms with Gasteiger partial charge in [-0.2, -0.15) is 0 Å². The molecule has 0 N–H and O–H groups in total. The van der Waals surface area contributed by atoms with Gasteiger partial charge in [0.2, 0.25) is 0 Å². The van der Waals surface area contributed by atoms with Gasteiger partial charge in [-0.25, -0.2) is 0 Å². The van der Waals surface area contributed by atoms with Gasteiger partial charge in [0.25, 0.3) is 0 Å². The Morgan fingerprint density at radius 1 is 0.297 bits per heavy atom. The number of thiophene rings is 2. The van der Waals surface area contributed by atoms with Crippen molar-refractivity contribution in [1.29, 1.82) is 0 Å². The normalized spacial score (nSPS) is 10.5. The molecule has 0 saturated heterocycles. The molecule has 0 unspecified atom stereocenters. The molecular weight excluding hydrogens is 1220 g/mol. The Bertz CT molecular complexity index is 3150.